The van der Waals surface area contributed by atoms with Gasteiger partial charge in [-0.3, -0.25) is 9.69 Å². The van der Waals surface area contributed by atoms with Gasteiger partial charge >= 0.3 is 0 Å². The Labute approximate surface area is 168 Å². The number of ether oxygens (including phenoxy) is 1. The van der Waals surface area contributed by atoms with Gasteiger partial charge in [0.25, 0.3) is 5.91 Å². The summed E-state index contributed by atoms with van der Waals surface area (Å²) in [5.41, 5.74) is 2.17. The minimum atomic E-state index is -0.347. The molecule has 2 aromatic carbocycles. The van der Waals surface area contributed by atoms with Crippen LogP contribution in [0.1, 0.15) is 27.8 Å². The lowest BCUT2D eigenvalue weighted by Crippen LogP contribution is -2.36. The number of aryl methyl sites for hydroxylation is 1. The van der Waals surface area contributed by atoms with Gasteiger partial charge in [-0.05, 0) is 25.6 Å². The summed E-state index contributed by atoms with van der Waals surface area (Å²) in [7, 11) is 3.70. The molecule has 0 amide bonds. The number of para-hydroxylation sites is 1. The molecule has 0 spiro atoms. The minimum Gasteiger partial charge on any atom is -0.496 e. The van der Waals surface area contributed by atoms with Crippen molar-refractivity contribution in [2.45, 2.75) is 29.9 Å². The van der Waals surface area contributed by atoms with Gasteiger partial charge in [0, 0.05) is 12.1 Å². The Bertz CT molecular complexity index is 989. The second kappa shape index (κ2) is 7.77. The van der Waals surface area contributed by atoms with Crippen LogP contribution in [0.5, 0.6) is 5.75 Å². The smallest absolute Gasteiger partial charge is 0.264 e. The molecule has 4 rings (SSSR count). The molecule has 144 valence electrons. The van der Waals surface area contributed by atoms with Gasteiger partial charge < -0.3 is 4.74 Å². The number of hydrogen-bond acceptors (Lipinski definition) is 6. The zero-order chi connectivity index (χ0) is 19.7. The van der Waals surface area contributed by atoms with E-state index in [1.807, 2.05) is 49.5 Å². The highest BCUT2D eigenvalue weighted by atomic mass is 32.2. The van der Waals surface area contributed by atoms with Gasteiger partial charge in [0.05, 0.1) is 13.2 Å². The van der Waals surface area contributed by atoms with Crippen LogP contribution in [0, 0.1) is 6.92 Å². The lowest BCUT2D eigenvalue weighted by molar-refractivity contribution is 0.0844. The number of carbonyl (C=O) groups excluding carboxylic acids is 1. The molecule has 0 saturated carbocycles. The van der Waals surface area contributed by atoms with Crippen molar-refractivity contribution in [2.75, 3.05) is 14.2 Å². The molecule has 0 aliphatic carbocycles. The molecule has 3 aromatic rings. The number of benzene rings is 2. The molecule has 2 atom stereocenters. The van der Waals surface area contributed by atoms with Crippen molar-refractivity contribution in [1.29, 1.82) is 0 Å². The first-order chi connectivity index (χ1) is 13.6. The molecule has 1 aliphatic heterocycles. The van der Waals surface area contributed by atoms with Crippen molar-refractivity contribution in [1.82, 2.24) is 19.7 Å². The van der Waals surface area contributed by atoms with Crippen LogP contribution in [0.25, 0.3) is 0 Å². The lowest BCUT2D eigenvalue weighted by atomic mass is 9.99. The van der Waals surface area contributed by atoms with Crippen LogP contribution in [0.3, 0.4) is 0 Å². The molecular weight excluding hydrogens is 372 g/mol. The summed E-state index contributed by atoms with van der Waals surface area (Å²) in [6.07, 6.45) is 0. The Morgan fingerprint density at radius 3 is 2.61 bits per heavy atom. The molecular formula is C21H22N4O2S. The van der Waals surface area contributed by atoms with E-state index >= 15 is 0 Å². The number of nitrogens with zero attached hydrogens (tertiary/aromatic N) is 4. The second-order valence-electron chi connectivity index (χ2n) is 6.82. The Balaban J connectivity index is 1.72. The average molecular weight is 395 g/mol. The van der Waals surface area contributed by atoms with E-state index in [4.69, 9.17) is 4.74 Å². The summed E-state index contributed by atoms with van der Waals surface area (Å²) in [6, 6.07) is 17.9. The zero-order valence-corrected chi connectivity index (χ0v) is 16.9. The number of methoxy groups -OCH3 is 1. The number of aromatic nitrogens is 3. The molecule has 1 aromatic heterocycles. The van der Waals surface area contributed by atoms with Crippen LogP contribution in [0.15, 0.2) is 59.8 Å². The van der Waals surface area contributed by atoms with E-state index in [2.05, 4.69) is 27.1 Å². The SMILES string of the molecule is COc1ccccc1C(C1Sc2nc(C)nn2C1=O)N(C)Cc1ccccc1. The van der Waals surface area contributed by atoms with E-state index in [0.717, 1.165) is 11.3 Å². The highest BCUT2D eigenvalue weighted by Crippen LogP contribution is 2.43. The topological polar surface area (TPSA) is 60.3 Å². The molecule has 0 radical (unpaired) electrons. The summed E-state index contributed by atoms with van der Waals surface area (Å²) in [5.74, 6) is 1.34. The fourth-order valence-electron chi connectivity index (χ4n) is 3.61. The fraction of sp³-hybridized carbons (Fsp3) is 0.286. The van der Waals surface area contributed by atoms with Gasteiger partial charge in [-0.15, -0.1) is 5.10 Å². The van der Waals surface area contributed by atoms with Crippen molar-refractivity contribution >= 4 is 17.7 Å². The molecule has 0 fully saturated rings. The van der Waals surface area contributed by atoms with E-state index in [9.17, 15) is 4.79 Å². The van der Waals surface area contributed by atoms with E-state index in [1.54, 1.807) is 14.0 Å². The maximum Gasteiger partial charge on any atom is 0.264 e. The molecule has 0 bridgehead atoms. The van der Waals surface area contributed by atoms with Crippen LogP contribution >= 0.6 is 11.8 Å². The summed E-state index contributed by atoms with van der Waals surface area (Å²) >= 11 is 1.47. The summed E-state index contributed by atoms with van der Waals surface area (Å²) < 4.78 is 7.05. The largest absolute Gasteiger partial charge is 0.496 e. The predicted octanol–water partition coefficient (Wildman–Crippen LogP) is 3.58. The first-order valence-electron chi connectivity index (χ1n) is 9.10. The Morgan fingerprint density at radius 1 is 1.18 bits per heavy atom. The van der Waals surface area contributed by atoms with Crippen LogP contribution in [0.4, 0.5) is 0 Å². The fourth-order valence-corrected chi connectivity index (χ4v) is 4.94. The number of rotatable bonds is 6. The molecule has 2 unspecified atom stereocenters. The predicted molar refractivity (Wildman–Crippen MR) is 109 cm³/mol. The minimum absolute atomic E-state index is 0.0450. The maximum absolute atomic E-state index is 13.2. The van der Waals surface area contributed by atoms with Crippen molar-refractivity contribution in [3.63, 3.8) is 0 Å². The summed E-state index contributed by atoms with van der Waals surface area (Å²) in [4.78, 5) is 19.7. The van der Waals surface area contributed by atoms with Crippen molar-refractivity contribution in [3.8, 4) is 5.75 Å². The maximum atomic E-state index is 13.2. The first kappa shape index (κ1) is 18.7. The summed E-state index contributed by atoms with van der Waals surface area (Å²) in [5, 5.41) is 4.58. The van der Waals surface area contributed by atoms with Gasteiger partial charge in [0.15, 0.2) is 5.16 Å². The normalized spacial score (nSPS) is 17.0. The van der Waals surface area contributed by atoms with Gasteiger partial charge in [0.1, 0.15) is 16.8 Å². The van der Waals surface area contributed by atoms with E-state index in [-0.39, 0.29) is 17.2 Å². The highest BCUT2D eigenvalue weighted by Gasteiger charge is 2.42. The third kappa shape index (κ3) is 3.43. The van der Waals surface area contributed by atoms with E-state index in [0.29, 0.717) is 17.5 Å². The highest BCUT2D eigenvalue weighted by molar-refractivity contribution is 8.00. The van der Waals surface area contributed by atoms with Crippen LogP contribution in [-0.2, 0) is 6.54 Å². The van der Waals surface area contributed by atoms with Gasteiger partial charge in [0.2, 0.25) is 0 Å². The number of hydrogen-bond donors (Lipinski definition) is 0. The Morgan fingerprint density at radius 2 is 1.89 bits per heavy atom. The molecule has 6 nitrogen and oxygen atoms in total. The molecule has 2 heterocycles. The number of fused-ring (bicyclic) bond motifs is 1. The van der Waals surface area contributed by atoms with Crippen molar-refractivity contribution in [2.24, 2.45) is 0 Å². The van der Waals surface area contributed by atoms with E-state index < -0.39 is 0 Å². The molecule has 0 saturated heterocycles. The molecule has 0 N–H and O–H groups in total. The van der Waals surface area contributed by atoms with Crippen molar-refractivity contribution in [3.05, 3.63) is 71.5 Å². The monoisotopic (exact) mass is 394 g/mol. The quantitative estimate of drug-likeness (QED) is 0.637. The molecule has 7 heteroatoms. The summed E-state index contributed by atoms with van der Waals surface area (Å²) in [6.45, 7) is 2.51. The molecule has 1 aliphatic rings. The van der Waals surface area contributed by atoms with Gasteiger partial charge in [-0.25, -0.2) is 4.98 Å². The Kier molecular flexibility index (Phi) is 5.19. The van der Waals surface area contributed by atoms with E-state index in [1.165, 1.54) is 22.0 Å². The van der Waals surface area contributed by atoms with Gasteiger partial charge in [-0.2, -0.15) is 4.68 Å². The number of thioether (sulfide) groups is 1. The third-order valence-corrected chi connectivity index (χ3v) is 6.05. The lowest BCUT2D eigenvalue weighted by Gasteiger charge is -2.32. The zero-order valence-electron chi connectivity index (χ0n) is 16.1. The second-order valence-corrected chi connectivity index (χ2v) is 7.93. The van der Waals surface area contributed by atoms with Gasteiger partial charge in [-0.1, -0.05) is 60.3 Å². The third-order valence-electron chi connectivity index (χ3n) is 4.86. The average Bonchev–Trinajstić information content (AvgIpc) is 3.21. The van der Waals surface area contributed by atoms with Crippen molar-refractivity contribution < 1.29 is 9.53 Å². The standard InChI is InChI=1S/C21H22N4O2S/c1-14-22-21-25(23-14)20(26)19(28-21)18(16-11-7-8-12-17(16)27-3)24(2)13-15-9-5-4-6-10-15/h4-12,18-19H,13H2,1-3H3. The molecule has 28 heavy (non-hydrogen) atoms. The number of carbonyl (C=O) groups is 1. The first-order valence-corrected chi connectivity index (χ1v) is 9.98. The van der Waals surface area contributed by atoms with Crippen LogP contribution in [-0.4, -0.2) is 45.0 Å². The Hall–Kier alpha value is -2.64. The van der Waals surface area contributed by atoms with Crippen LogP contribution in [0.2, 0.25) is 0 Å². The van der Waals surface area contributed by atoms with Crippen LogP contribution < -0.4 is 4.74 Å².